The van der Waals surface area contributed by atoms with E-state index < -0.39 is 23.6 Å². The van der Waals surface area contributed by atoms with Crippen LogP contribution >= 0.6 is 0 Å². The van der Waals surface area contributed by atoms with Gasteiger partial charge in [-0.2, -0.15) is 8.78 Å². The van der Waals surface area contributed by atoms with Crippen molar-refractivity contribution in [3.63, 3.8) is 0 Å². The Morgan fingerprint density at radius 2 is 1.33 bits per heavy atom. The topological polar surface area (TPSA) is 52.6 Å². The summed E-state index contributed by atoms with van der Waals surface area (Å²) in [5.41, 5.74) is -1.37. The number of esters is 2. The molecule has 0 spiro atoms. The Morgan fingerprint density at radius 1 is 1.00 bits per heavy atom. The number of hydrogen-bond acceptors (Lipinski definition) is 4. The van der Waals surface area contributed by atoms with Crippen molar-refractivity contribution in [1.82, 2.24) is 0 Å². The van der Waals surface area contributed by atoms with Gasteiger partial charge in [0.25, 0.3) is 6.08 Å². The molecule has 68 valence electrons. The molecule has 0 radical (unpaired) electrons. The van der Waals surface area contributed by atoms with E-state index in [9.17, 15) is 18.4 Å². The normalized spacial score (nSPS) is 8.67. The Morgan fingerprint density at radius 3 is 1.50 bits per heavy atom. The number of halogens is 2. The van der Waals surface area contributed by atoms with E-state index in [1.165, 1.54) is 0 Å². The SMILES string of the molecule is COC(=O)C(C(=O)OC)=C(F)F. The molecule has 0 aromatic heterocycles. The van der Waals surface area contributed by atoms with Gasteiger partial charge in [0, 0.05) is 0 Å². The number of carbonyl (C=O) groups is 2. The van der Waals surface area contributed by atoms with Gasteiger partial charge in [0.15, 0.2) is 0 Å². The lowest BCUT2D eigenvalue weighted by Crippen LogP contribution is -2.16. The minimum absolute atomic E-state index is 0.883. The molecule has 0 unspecified atom stereocenters. The van der Waals surface area contributed by atoms with Crippen molar-refractivity contribution >= 4 is 11.9 Å². The number of ether oxygens (including phenoxy) is 2. The van der Waals surface area contributed by atoms with Crippen LogP contribution < -0.4 is 0 Å². The van der Waals surface area contributed by atoms with Gasteiger partial charge in [-0.25, -0.2) is 9.59 Å². The molecule has 0 aromatic carbocycles. The summed E-state index contributed by atoms with van der Waals surface area (Å²) in [6, 6.07) is 0. The highest BCUT2D eigenvalue weighted by molar-refractivity contribution is 6.14. The van der Waals surface area contributed by atoms with Gasteiger partial charge in [-0.3, -0.25) is 0 Å². The molecule has 0 amide bonds. The first kappa shape index (κ1) is 10.5. The summed E-state index contributed by atoms with van der Waals surface area (Å²) in [6.07, 6.45) is -2.42. The third-order valence-corrected chi connectivity index (χ3v) is 0.968. The van der Waals surface area contributed by atoms with E-state index >= 15 is 0 Å². The zero-order chi connectivity index (χ0) is 9.72. The summed E-state index contributed by atoms with van der Waals surface area (Å²) in [5, 5.41) is 0. The zero-order valence-corrected chi connectivity index (χ0v) is 6.39. The fraction of sp³-hybridized carbons (Fsp3) is 0.333. The largest absolute Gasteiger partial charge is 0.465 e. The Balaban J connectivity index is 4.83. The zero-order valence-electron chi connectivity index (χ0n) is 6.39. The molecule has 0 aliphatic carbocycles. The van der Waals surface area contributed by atoms with Crippen LogP contribution in [-0.2, 0) is 19.1 Å². The molecule has 12 heavy (non-hydrogen) atoms. The molecular weight excluding hydrogens is 174 g/mol. The van der Waals surface area contributed by atoms with E-state index in [1.807, 2.05) is 0 Å². The third kappa shape index (κ3) is 2.30. The molecule has 0 bridgehead atoms. The minimum atomic E-state index is -2.42. The van der Waals surface area contributed by atoms with Gasteiger partial charge in [-0.1, -0.05) is 0 Å². The highest BCUT2D eigenvalue weighted by Gasteiger charge is 2.25. The van der Waals surface area contributed by atoms with Crippen LogP contribution in [0, 0.1) is 0 Å². The third-order valence-electron chi connectivity index (χ3n) is 0.968. The van der Waals surface area contributed by atoms with Gasteiger partial charge >= 0.3 is 11.9 Å². The molecule has 0 N–H and O–H groups in total. The van der Waals surface area contributed by atoms with Crippen molar-refractivity contribution in [1.29, 1.82) is 0 Å². The Bertz CT molecular complexity index is 212. The molecule has 0 aromatic rings. The number of methoxy groups -OCH3 is 2. The van der Waals surface area contributed by atoms with Crippen molar-refractivity contribution < 1.29 is 27.8 Å². The Hall–Kier alpha value is -1.46. The van der Waals surface area contributed by atoms with E-state index in [-0.39, 0.29) is 0 Å². The lowest BCUT2D eigenvalue weighted by Gasteiger charge is -2.00. The lowest BCUT2D eigenvalue weighted by atomic mass is 10.3. The van der Waals surface area contributed by atoms with Crippen molar-refractivity contribution in [2.45, 2.75) is 0 Å². The van der Waals surface area contributed by atoms with Crippen LogP contribution in [0.3, 0.4) is 0 Å². The van der Waals surface area contributed by atoms with Gasteiger partial charge in [-0.05, 0) is 0 Å². The van der Waals surface area contributed by atoms with Crippen LogP contribution in [0.5, 0.6) is 0 Å². The Kier molecular flexibility index (Phi) is 3.89. The molecule has 0 fully saturated rings. The fourth-order valence-corrected chi connectivity index (χ4v) is 0.442. The average molecular weight is 180 g/mol. The molecule has 6 heteroatoms. The van der Waals surface area contributed by atoms with Gasteiger partial charge in [0.05, 0.1) is 14.2 Å². The highest BCUT2D eigenvalue weighted by Crippen LogP contribution is 2.10. The van der Waals surface area contributed by atoms with Crippen LogP contribution in [0.15, 0.2) is 11.7 Å². The average Bonchev–Trinajstić information content (AvgIpc) is 2.03. The fourth-order valence-electron chi connectivity index (χ4n) is 0.442. The second-order valence-electron chi connectivity index (χ2n) is 1.62. The number of rotatable bonds is 2. The molecule has 0 aliphatic heterocycles. The second kappa shape index (κ2) is 4.42. The number of hydrogen-bond donors (Lipinski definition) is 0. The van der Waals surface area contributed by atoms with E-state index in [0.717, 1.165) is 14.2 Å². The highest BCUT2D eigenvalue weighted by atomic mass is 19.3. The summed E-state index contributed by atoms with van der Waals surface area (Å²) >= 11 is 0. The standard InChI is InChI=1S/C6H6F2O4/c1-11-5(9)3(4(7)8)6(10)12-2/h1-2H3. The molecule has 4 nitrogen and oxygen atoms in total. The summed E-state index contributed by atoms with van der Waals surface area (Å²) < 4.78 is 31.5. The summed E-state index contributed by atoms with van der Waals surface area (Å²) in [6.45, 7) is 0. The summed E-state index contributed by atoms with van der Waals surface area (Å²) in [7, 11) is 1.77. The van der Waals surface area contributed by atoms with Crippen molar-refractivity contribution in [3.8, 4) is 0 Å². The van der Waals surface area contributed by atoms with E-state index in [2.05, 4.69) is 9.47 Å². The first-order valence-electron chi connectivity index (χ1n) is 2.76. The smallest absolute Gasteiger partial charge is 0.350 e. The van der Waals surface area contributed by atoms with Gasteiger partial charge in [0.2, 0.25) is 5.57 Å². The minimum Gasteiger partial charge on any atom is -0.465 e. The first-order chi connectivity index (χ1) is 5.54. The maximum Gasteiger partial charge on any atom is 0.350 e. The van der Waals surface area contributed by atoms with Crippen LogP contribution in [0.25, 0.3) is 0 Å². The van der Waals surface area contributed by atoms with Crippen LogP contribution in [0.1, 0.15) is 0 Å². The predicted molar refractivity (Wildman–Crippen MR) is 33.3 cm³/mol. The maximum absolute atomic E-state index is 11.9. The van der Waals surface area contributed by atoms with Crippen molar-refractivity contribution in [2.24, 2.45) is 0 Å². The molecule has 0 heterocycles. The van der Waals surface area contributed by atoms with Crippen LogP contribution in [0.4, 0.5) is 8.78 Å². The number of carbonyl (C=O) groups excluding carboxylic acids is 2. The van der Waals surface area contributed by atoms with Crippen molar-refractivity contribution in [2.75, 3.05) is 14.2 Å². The summed E-state index contributed by atoms with van der Waals surface area (Å²) in [5.74, 6) is -2.83. The predicted octanol–water partition coefficient (Wildman–Crippen LogP) is 0.483. The quantitative estimate of drug-likeness (QED) is 0.268. The molecule has 0 aliphatic rings. The van der Waals surface area contributed by atoms with Gasteiger partial charge < -0.3 is 9.47 Å². The van der Waals surface area contributed by atoms with Crippen molar-refractivity contribution in [3.05, 3.63) is 11.7 Å². The molecule has 0 atom stereocenters. The molecule has 0 saturated carbocycles. The molecule has 0 rings (SSSR count). The van der Waals surface area contributed by atoms with Crippen LogP contribution in [0.2, 0.25) is 0 Å². The monoisotopic (exact) mass is 180 g/mol. The second-order valence-corrected chi connectivity index (χ2v) is 1.62. The lowest BCUT2D eigenvalue weighted by molar-refractivity contribution is -0.144. The molecule has 0 saturated heterocycles. The van der Waals surface area contributed by atoms with E-state index in [4.69, 9.17) is 0 Å². The Labute approximate surface area is 66.8 Å². The van der Waals surface area contributed by atoms with E-state index in [0.29, 0.717) is 0 Å². The van der Waals surface area contributed by atoms with Crippen LogP contribution in [-0.4, -0.2) is 26.2 Å². The van der Waals surface area contributed by atoms with Gasteiger partial charge in [-0.15, -0.1) is 0 Å². The van der Waals surface area contributed by atoms with Gasteiger partial charge in [0.1, 0.15) is 0 Å². The maximum atomic E-state index is 11.9. The summed E-state index contributed by atoms with van der Waals surface area (Å²) in [4.78, 5) is 21.0. The molecular formula is C6H6F2O4. The van der Waals surface area contributed by atoms with E-state index in [1.54, 1.807) is 0 Å². The first-order valence-corrected chi connectivity index (χ1v) is 2.76.